The van der Waals surface area contributed by atoms with Gasteiger partial charge in [0.2, 0.25) is 0 Å². The van der Waals surface area contributed by atoms with Crippen LogP contribution in [-0.2, 0) is 27.4 Å². The van der Waals surface area contributed by atoms with Crippen molar-refractivity contribution in [2.45, 2.75) is 43.9 Å². The molecular weight excluding hydrogens is 462 g/mol. The Hall–Kier alpha value is -3.40. The lowest BCUT2D eigenvalue weighted by Gasteiger charge is -2.46. The molecule has 3 aromatic carbocycles. The summed E-state index contributed by atoms with van der Waals surface area (Å²) in [6.45, 7) is -0.126. The van der Waals surface area contributed by atoms with E-state index in [1.807, 2.05) is 60.7 Å². The number of benzene rings is 3. The minimum Gasteiger partial charge on any atom is -0.394 e. The van der Waals surface area contributed by atoms with E-state index in [0.29, 0.717) is 0 Å². The number of nitrogens with zero attached hydrogens (tertiary/aromatic N) is 1. The number of fused-ring (bicyclic) bond motifs is 1. The Bertz CT molecular complexity index is 1170. The molecule has 1 saturated heterocycles. The van der Waals surface area contributed by atoms with Crippen LogP contribution in [0.25, 0.3) is 0 Å². The van der Waals surface area contributed by atoms with Crippen molar-refractivity contribution in [1.82, 2.24) is 4.90 Å². The van der Waals surface area contributed by atoms with Crippen LogP contribution in [-0.4, -0.2) is 64.2 Å². The lowest BCUT2D eigenvalue weighted by atomic mass is 9.94. The topological polar surface area (TPSA) is 106 Å². The number of ether oxygens (including phenoxy) is 3. The lowest BCUT2D eigenvalue weighted by Crippen LogP contribution is -2.66. The molecule has 8 heteroatoms. The van der Waals surface area contributed by atoms with Gasteiger partial charge in [-0.15, -0.1) is 0 Å². The maximum Gasteiger partial charge on any atom is 0.262 e. The van der Waals surface area contributed by atoms with Gasteiger partial charge in [-0.2, -0.15) is 0 Å². The second-order valence-electron chi connectivity index (χ2n) is 8.79. The largest absolute Gasteiger partial charge is 0.394 e. The highest BCUT2D eigenvalue weighted by molar-refractivity contribution is 6.21. The molecule has 0 bridgehead atoms. The fourth-order valence-corrected chi connectivity index (χ4v) is 4.73. The highest BCUT2D eigenvalue weighted by Crippen LogP contribution is 2.34. The molecular formula is C28H27NO7. The van der Waals surface area contributed by atoms with Crippen molar-refractivity contribution in [3.63, 3.8) is 0 Å². The van der Waals surface area contributed by atoms with Crippen molar-refractivity contribution in [2.75, 3.05) is 6.61 Å². The molecule has 0 saturated carbocycles. The first-order valence-electron chi connectivity index (χ1n) is 11.8. The van der Waals surface area contributed by atoms with Gasteiger partial charge in [0.15, 0.2) is 6.29 Å². The Kier molecular flexibility index (Phi) is 7.22. The Balaban J connectivity index is 1.48. The molecule has 0 aromatic heterocycles. The summed E-state index contributed by atoms with van der Waals surface area (Å²) in [6.07, 6.45) is -4.37. The van der Waals surface area contributed by atoms with Crippen LogP contribution in [0.5, 0.6) is 0 Å². The predicted molar refractivity (Wildman–Crippen MR) is 129 cm³/mol. The number of amides is 2. The molecule has 2 amide bonds. The van der Waals surface area contributed by atoms with Crippen molar-refractivity contribution < 1.29 is 34.0 Å². The second-order valence-corrected chi connectivity index (χ2v) is 8.79. The molecule has 2 heterocycles. The molecule has 1 unspecified atom stereocenters. The van der Waals surface area contributed by atoms with E-state index in [4.69, 9.17) is 14.2 Å². The van der Waals surface area contributed by atoms with Gasteiger partial charge < -0.3 is 24.4 Å². The Labute approximate surface area is 208 Å². The van der Waals surface area contributed by atoms with Crippen LogP contribution in [0.3, 0.4) is 0 Å². The van der Waals surface area contributed by atoms with Gasteiger partial charge in [0.05, 0.1) is 30.9 Å². The minimum atomic E-state index is -1.58. The molecule has 36 heavy (non-hydrogen) atoms. The van der Waals surface area contributed by atoms with E-state index in [1.54, 1.807) is 24.3 Å². The molecule has 0 spiro atoms. The number of rotatable bonds is 8. The van der Waals surface area contributed by atoms with E-state index in [2.05, 4.69) is 0 Å². The van der Waals surface area contributed by atoms with Gasteiger partial charge in [-0.05, 0) is 23.3 Å². The normalized spacial score (nSPS) is 25.7. The highest BCUT2D eigenvalue weighted by Gasteiger charge is 2.54. The summed E-state index contributed by atoms with van der Waals surface area (Å²) in [7, 11) is 0. The number of aliphatic hydroxyl groups excluding tert-OH is 2. The number of hydrogen-bond acceptors (Lipinski definition) is 7. The zero-order chi connectivity index (χ0) is 25.1. The maximum absolute atomic E-state index is 13.3. The third-order valence-corrected chi connectivity index (χ3v) is 6.51. The van der Waals surface area contributed by atoms with Crippen LogP contribution in [0, 0.1) is 0 Å². The fourth-order valence-electron chi connectivity index (χ4n) is 4.73. The first-order valence-corrected chi connectivity index (χ1v) is 11.8. The summed E-state index contributed by atoms with van der Waals surface area (Å²) in [5.74, 6) is -1.08. The summed E-state index contributed by atoms with van der Waals surface area (Å²) in [4.78, 5) is 27.6. The van der Waals surface area contributed by atoms with Crippen molar-refractivity contribution >= 4 is 11.8 Å². The smallest absolute Gasteiger partial charge is 0.262 e. The van der Waals surface area contributed by atoms with Gasteiger partial charge in [0.25, 0.3) is 11.8 Å². The monoisotopic (exact) mass is 489 g/mol. The zero-order valence-electron chi connectivity index (χ0n) is 19.5. The molecule has 2 aliphatic rings. The number of hydrogen-bond donors (Lipinski definition) is 2. The van der Waals surface area contributed by atoms with E-state index >= 15 is 0 Å². The Morgan fingerprint density at radius 1 is 0.722 bits per heavy atom. The Morgan fingerprint density at radius 2 is 1.19 bits per heavy atom. The van der Waals surface area contributed by atoms with Crippen LogP contribution in [0.1, 0.15) is 31.8 Å². The second kappa shape index (κ2) is 10.7. The van der Waals surface area contributed by atoms with Crippen LogP contribution in [0.15, 0.2) is 84.9 Å². The third kappa shape index (κ3) is 4.69. The van der Waals surface area contributed by atoms with Gasteiger partial charge in [0.1, 0.15) is 24.4 Å². The molecule has 5 rings (SSSR count). The van der Waals surface area contributed by atoms with Crippen molar-refractivity contribution in [3.05, 3.63) is 107 Å². The SMILES string of the molecule is O=C1c2ccccc2C(=O)N1[C@H]1C(O)O[C@H](CO)[C@@H](OCc2ccccc2)[C@@H]1OCc1ccccc1. The average molecular weight is 490 g/mol. The van der Waals surface area contributed by atoms with Crippen molar-refractivity contribution in [2.24, 2.45) is 0 Å². The van der Waals surface area contributed by atoms with E-state index < -0.39 is 49.1 Å². The summed E-state index contributed by atoms with van der Waals surface area (Å²) < 4.78 is 18.2. The summed E-state index contributed by atoms with van der Waals surface area (Å²) in [6, 6.07) is 24.2. The van der Waals surface area contributed by atoms with E-state index in [9.17, 15) is 19.8 Å². The summed E-state index contributed by atoms with van der Waals surface area (Å²) >= 11 is 0. The quantitative estimate of drug-likeness (QED) is 0.469. The maximum atomic E-state index is 13.3. The predicted octanol–water partition coefficient (Wildman–Crippen LogP) is 2.53. The highest BCUT2D eigenvalue weighted by atomic mass is 16.6. The zero-order valence-corrected chi connectivity index (χ0v) is 19.5. The van der Waals surface area contributed by atoms with Gasteiger partial charge in [0, 0.05) is 0 Å². The van der Waals surface area contributed by atoms with E-state index in [1.165, 1.54) is 0 Å². The first-order chi connectivity index (χ1) is 17.6. The number of imide groups is 1. The number of carbonyl (C=O) groups is 2. The molecule has 2 aliphatic heterocycles. The fraction of sp³-hybridized carbons (Fsp3) is 0.286. The average Bonchev–Trinajstić information content (AvgIpc) is 3.17. The van der Waals surface area contributed by atoms with E-state index in [0.717, 1.165) is 16.0 Å². The molecule has 0 aliphatic carbocycles. The van der Waals surface area contributed by atoms with Gasteiger partial charge >= 0.3 is 0 Å². The molecule has 8 nitrogen and oxygen atoms in total. The number of carbonyl (C=O) groups excluding carboxylic acids is 2. The molecule has 2 N–H and O–H groups in total. The molecule has 186 valence electrons. The first kappa shape index (κ1) is 24.3. The van der Waals surface area contributed by atoms with Gasteiger partial charge in [-0.3, -0.25) is 14.5 Å². The van der Waals surface area contributed by atoms with Crippen LogP contribution < -0.4 is 0 Å². The summed E-state index contributed by atoms with van der Waals surface area (Å²) in [5.41, 5.74) is 2.26. The minimum absolute atomic E-state index is 0.140. The van der Waals surface area contributed by atoms with Crippen molar-refractivity contribution in [1.29, 1.82) is 0 Å². The molecule has 0 radical (unpaired) electrons. The van der Waals surface area contributed by atoms with Crippen LogP contribution in [0.4, 0.5) is 0 Å². The lowest BCUT2D eigenvalue weighted by molar-refractivity contribution is -0.283. The van der Waals surface area contributed by atoms with Crippen LogP contribution >= 0.6 is 0 Å². The standard InChI is InChI=1S/C28H27NO7/c30-15-22-24(34-16-18-9-3-1-4-10-18)25(35-17-19-11-5-2-6-12-19)23(28(33)36-22)29-26(31)20-13-7-8-14-21(20)27(29)32/h1-14,22-25,28,30,33H,15-17H2/t22-,23-,24-,25-,28?/m1/s1. The van der Waals surface area contributed by atoms with Gasteiger partial charge in [-0.1, -0.05) is 72.8 Å². The van der Waals surface area contributed by atoms with Crippen molar-refractivity contribution in [3.8, 4) is 0 Å². The van der Waals surface area contributed by atoms with E-state index in [-0.39, 0.29) is 24.3 Å². The Morgan fingerprint density at radius 3 is 1.69 bits per heavy atom. The molecule has 3 aromatic rings. The molecule has 5 atom stereocenters. The van der Waals surface area contributed by atoms with Gasteiger partial charge in [-0.25, -0.2) is 0 Å². The van der Waals surface area contributed by atoms with Crippen LogP contribution in [0.2, 0.25) is 0 Å². The number of aliphatic hydroxyl groups is 2. The summed E-state index contributed by atoms with van der Waals surface area (Å²) in [5, 5.41) is 21.1. The molecule has 1 fully saturated rings. The third-order valence-electron chi connectivity index (χ3n) is 6.51.